The summed E-state index contributed by atoms with van der Waals surface area (Å²) in [6, 6.07) is 10.2. The Morgan fingerprint density at radius 1 is 1.17 bits per heavy atom. The molecule has 3 aromatic rings. The number of aromatic amines is 1. The highest BCUT2D eigenvalue weighted by Gasteiger charge is 2.13. The Morgan fingerprint density at radius 3 is 2.72 bits per heavy atom. The summed E-state index contributed by atoms with van der Waals surface area (Å²) in [7, 11) is 0. The molecular weight excluding hydrogens is 253 g/mol. The molecule has 0 unspecified atom stereocenters. The molecule has 0 saturated heterocycles. The van der Waals surface area contributed by atoms with Crippen LogP contribution < -0.4 is 5.73 Å². The van der Waals surface area contributed by atoms with E-state index in [9.17, 15) is 4.39 Å². The Labute approximate surface area is 107 Å². The van der Waals surface area contributed by atoms with Gasteiger partial charge in [0.1, 0.15) is 11.3 Å². The number of nitrogens with zero attached hydrogens (tertiary/aromatic N) is 1. The molecule has 3 N–H and O–H groups in total. The Balaban J connectivity index is 2.26. The molecule has 0 amide bonds. The lowest BCUT2D eigenvalue weighted by molar-refractivity contribution is 0.630. The van der Waals surface area contributed by atoms with E-state index in [-0.39, 0.29) is 5.02 Å². The third-order valence-corrected chi connectivity index (χ3v) is 3.04. The number of H-pyrrole nitrogens is 1. The zero-order chi connectivity index (χ0) is 12.7. The molecule has 0 fully saturated rings. The zero-order valence-electron chi connectivity index (χ0n) is 9.24. The number of imidazole rings is 1. The van der Waals surface area contributed by atoms with Gasteiger partial charge in [-0.25, -0.2) is 9.37 Å². The molecule has 0 atom stereocenters. The molecule has 1 aromatic heterocycles. The minimum absolute atomic E-state index is 0.0703. The largest absolute Gasteiger partial charge is 0.397 e. The molecule has 0 spiro atoms. The SMILES string of the molecule is Nc1cccc2[nH]c(-c3cccc(Cl)c3F)nc12. The smallest absolute Gasteiger partial charge is 0.152 e. The van der Waals surface area contributed by atoms with E-state index < -0.39 is 5.82 Å². The fourth-order valence-corrected chi connectivity index (χ4v) is 2.04. The van der Waals surface area contributed by atoms with Crippen molar-refractivity contribution in [1.29, 1.82) is 0 Å². The van der Waals surface area contributed by atoms with E-state index in [1.807, 2.05) is 12.1 Å². The first-order valence-electron chi connectivity index (χ1n) is 5.35. The maximum atomic E-state index is 13.9. The van der Waals surface area contributed by atoms with Gasteiger partial charge in [0, 0.05) is 0 Å². The molecule has 0 aliphatic carbocycles. The average molecular weight is 262 g/mol. The van der Waals surface area contributed by atoms with E-state index in [4.69, 9.17) is 17.3 Å². The molecule has 0 aliphatic rings. The highest BCUT2D eigenvalue weighted by molar-refractivity contribution is 6.31. The lowest BCUT2D eigenvalue weighted by Crippen LogP contribution is -1.87. The Hall–Kier alpha value is -2.07. The van der Waals surface area contributed by atoms with Crippen LogP contribution in [-0.4, -0.2) is 9.97 Å². The van der Waals surface area contributed by atoms with Crippen LogP contribution >= 0.6 is 11.6 Å². The van der Waals surface area contributed by atoms with E-state index >= 15 is 0 Å². The Morgan fingerprint density at radius 2 is 1.94 bits per heavy atom. The minimum Gasteiger partial charge on any atom is -0.397 e. The Kier molecular flexibility index (Phi) is 2.45. The lowest BCUT2D eigenvalue weighted by atomic mass is 10.2. The Bertz CT molecular complexity index is 736. The fraction of sp³-hybridized carbons (Fsp3) is 0. The number of fused-ring (bicyclic) bond motifs is 1. The molecule has 1 heterocycles. The number of aromatic nitrogens is 2. The molecular formula is C13H9ClFN3. The first kappa shape index (κ1) is 11.0. The van der Waals surface area contributed by atoms with Crippen LogP contribution in [0.2, 0.25) is 5.02 Å². The van der Waals surface area contributed by atoms with Crippen LogP contribution in [0, 0.1) is 5.82 Å². The minimum atomic E-state index is -0.489. The van der Waals surface area contributed by atoms with Crippen molar-refractivity contribution in [3.05, 3.63) is 47.2 Å². The van der Waals surface area contributed by atoms with Crippen molar-refractivity contribution < 1.29 is 4.39 Å². The van der Waals surface area contributed by atoms with E-state index in [1.165, 1.54) is 6.07 Å². The second-order valence-electron chi connectivity index (χ2n) is 3.93. The second-order valence-corrected chi connectivity index (χ2v) is 4.34. The summed E-state index contributed by atoms with van der Waals surface area (Å²) in [5, 5.41) is 0.0703. The molecule has 5 heteroatoms. The van der Waals surface area contributed by atoms with Crippen LogP contribution in [0.3, 0.4) is 0 Å². The quantitative estimate of drug-likeness (QED) is 0.658. The van der Waals surface area contributed by atoms with Crippen molar-refractivity contribution >= 4 is 28.3 Å². The molecule has 0 radical (unpaired) electrons. The number of hydrogen-bond acceptors (Lipinski definition) is 2. The van der Waals surface area contributed by atoms with Gasteiger partial charge in [-0.15, -0.1) is 0 Å². The van der Waals surface area contributed by atoms with Gasteiger partial charge >= 0.3 is 0 Å². The van der Waals surface area contributed by atoms with Gasteiger partial charge in [0.2, 0.25) is 0 Å². The normalized spacial score (nSPS) is 11.0. The first-order valence-corrected chi connectivity index (χ1v) is 5.73. The van der Waals surface area contributed by atoms with Crippen LogP contribution in [0.4, 0.5) is 10.1 Å². The number of para-hydroxylation sites is 1. The van der Waals surface area contributed by atoms with E-state index in [2.05, 4.69) is 9.97 Å². The average Bonchev–Trinajstić information content (AvgIpc) is 2.78. The van der Waals surface area contributed by atoms with Crippen LogP contribution in [0.5, 0.6) is 0 Å². The number of benzene rings is 2. The van der Waals surface area contributed by atoms with Gasteiger partial charge in [-0.2, -0.15) is 0 Å². The van der Waals surface area contributed by atoms with Crippen molar-refractivity contribution in [3.8, 4) is 11.4 Å². The van der Waals surface area contributed by atoms with E-state index in [0.29, 0.717) is 22.6 Å². The number of rotatable bonds is 1. The molecule has 3 nitrogen and oxygen atoms in total. The standard InChI is InChI=1S/C13H9ClFN3/c14-8-4-1-3-7(11(8)15)13-17-10-6-2-5-9(16)12(10)18-13/h1-6H,16H2,(H,17,18). The van der Waals surface area contributed by atoms with Gasteiger partial charge in [-0.1, -0.05) is 23.7 Å². The third kappa shape index (κ3) is 1.62. The molecule has 0 bridgehead atoms. The maximum absolute atomic E-state index is 13.9. The molecule has 0 saturated carbocycles. The van der Waals surface area contributed by atoms with Crippen LogP contribution in [-0.2, 0) is 0 Å². The third-order valence-electron chi connectivity index (χ3n) is 2.75. The van der Waals surface area contributed by atoms with Crippen molar-refractivity contribution in [2.75, 3.05) is 5.73 Å². The molecule has 90 valence electrons. The van der Waals surface area contributed by atoms with Gasteiger partial charge < -0.3 is 10.7 Å². The number of nitrogens with two attached hydrogens (primary N) is 1. The van der Waals surface area contributed by atoms with Crippen molar-refractivity contribution in [1.82, 2.24) is 9.97 Å². The maximum Gasteiger partial charge on any atom is 0.152 e. The summed E-state index contributed by atoms with van der Waals surface area (Å²) in [6.45, 7) is 0. The number of hydrogen-bond donors (Lipinski definition) is 2. The molecule has 2 aromatic carbocycles. The highest BCUT2D eigenvalue weighted by atomic mass is 35.5. The number of anilines is 1. The summed E-state index contributed by atoms with van der Waals surface area (Å²) < 4.78 is 13.9. The van der Waals surface area contributed by atoms with Crippen LogP contribution in [0.15, 0.2) is 36.4 Å². The van der Waals surface area contributed by atoms with Crippen molar-refractivity contribution in [2.24, 2.45) is 0 Å². The van der Waals surface area contributed by atoms with Crippen molar-refractivity contribution in [3.63, 3.8) is 0 Å². The summed E-state index contributed by atoms with van der Waals surface area (Å²) in [6.07, 6.45) is 0. The lowest BCUT2D eigenvalue weighted by Gasteiger charge is -2.00. The number of halogens is 2. The fourth-order valence-electron chi connectivity index (χ4n) is 1.87. The van der Waals surface area contributed by atoms with Gasteiger partial charge in [0.15, 0.2) is 5.82 Å². The van der Waals surface area contributed by atoms with Crippen LogP contribution in [0.25, 0.3) is 22.4 Å². The molecule has 18 heavy (non-hydrogen) atoms. The monoisotopic (exact) mass is 261 g/mol. The molecule has 0 aliphatic heterocycles. The second kappa shape index (κ2) is 3.99. The van der Waals surface area contributed by atoms with Gasteiger partial charge in [-0.3, -0.25) is 0 Å². The summed E-state index contributed by atoms with van der Waals surface area (Å²) >= 11 is 5.75. The van der Waals surface area contributed by atoms with Crippen LogP contribution in [0.1, 0.15) is 0 Å². The first-order chi connectivity index (χ1) is 8.66. The van der Waals surface area contributed by atoms with Crippen molar-refractivity contribution in [2.45, 2.75) is 0 Å². The number of nitrogen functional groups attached to an aromatic ring is 1. The van der Waals surface area contributed by atoms with E-state index in [0.717, 1.165) is 5.52 Å². The summed E-state index contributed by atoms with van der Waals surface area (Å²) in [5.41, 5.74) is 8.10. The van der Waals surface area contributed by atoms with Gasteiger partial charge in [-0.05, 0) is 24.3 Å². The van der Waals surface area contributed by atoms with E-state index in [1.54, 1.807) is 18.2 Å². The van der Waals surface area contributed by atoms with Gasteiger partial charge in [0.25, 0.3) is 0 Å². The highest BCUT2D eigenvalue weighted by Crippen LogP contribution is 2.28. The van der Waals surface area contributed by atoms with Gasteiger partial charge in [0.05, 0.1) is 21.8 Å². The topological polar surface area (TPSA) is 54.7 Å². The predicted molar refractivity (Wildman–Crippen MR) is 70.9 cm³/mol. The predicted octanol–water partition coefficient (Wildman–Crippen LogP) is 3.60. The number of nitrogens with one attached hydrogen (secondary N) is 1. The molecule has 3 rings (SSSR count). The summed E-state index contributed by atoms with van der Waals surface area (Å²) in [5.74, 6) is -0.0697. The summed E-state index contributed by atoms with van der Waals surface area (Å²) in [4.78, 5) is 7.34. The zero-order valence-corrected chi connectivity index (χ0v) is 10.0.